The van der Waals surface area contributed by atoms with E-state index in [1.807, 2.05) is 53.4 Å². The number of carbonyl (C=O) groups is 4. The number of phenols is 2. The lowest BCUT2D eigenvalue weighted by atomic mass is 9.88. The fourth-order valence-electron chi connectivity index (χ4n) is 8.45. The molecule has 12 nitrogen and oxygen atoms in total. The zero-order valence-electron chi connectivity index (χ0n) is 34.3. The fraction of sp³-hybridized carbons (Fsp3) is 0.375. The highest BCUT2D eigenvalue weighted by molar-refractivity contribution is 6.06. The maximum atomic E-state index is 13.1. The van der Waals surface area contributed by atoms with Gasteiger partial charge in [0.2, 0.25) is 17.7 Å². The number of aromatic hydroxyl groups is 2. The molecule has 4 aromatic rings. The monoisotopic (exact) mass is 813 g/mol. The van der Waals surface area contributed by atoms with E-state index in [0.29, 0.717) is 31.6 Å². The molecule has 0 bridgehead atoms. The Labute approximate surface area is 351 Å². The van der Waals surface area contributed by atoms with Crippen molar-refractivity contribution < 1.29 is 34.1 Å². The van der Waals surface area contributed by atoms with Crippen LogP contribution in [0.4, 0.5) is 5.69 Å². The highest BCUT2D eigenvalue weighted by atomic mass is 16.5. The van der Waals surface area contributed by atoms with E-state index in [0.717, 1.165) is 116 Å². The summed E-state index contributed by atoms with van der Waals surface area (Å²) in [5, 5.41) is 25.7. The summed E-state index contributed by atoms with van der Waals surface area (Å²) < 4.78 is 6.16. The van der Waals surface area contributed by atoms with E-state index < -0.39 is 11.9 Å². The van der Waals surface area contributed by atoms with Crippen LogP contribution in [0.25, 0.3) is 11.1 Å². The number of rotatable bonds is 17. The van der Waals surface area contributed by atoms with E-state index in [-0.39, 0.29) is 35.6 Å². The number of imide groups is 1. The van der Waals surface area contributed by atoms with Gasteiger partial charge in [-0.25, -0.2) is 0 Å². The highest BCUT2D eigenvalue weighted by Gasteiger charge is 2.39. The Balaban J connectivity index is 0.795. The third-order valence-electron chi connectivity index (χ3n) is 11.8. The average molecular weight is 814 g/mol. The van der Waals surface area contributed by atoms with Crippen molar-refractivity contribution in [2.24, 2.45) is 0 Å². The topological polar surface area (TPSA) is 152 Å². The van der Waals surface area contributed by atoms with Crippen LogP contribution >= 0.6 is 0 Å². The summed E-state index contributed by atoms with van der Waals surface area (Å²) in [6.45, 7) is 7.59. The molecule has 4 aromatic carbocycles. The first-order valence-corrected chi connectivity index (χ1v) is 21.2. The van der Waals surface area contributed by atoms with Gasteiger partial charge in [0.15, 0.2) is 0 Å². The summed E-state index contributed by atoms with van der Waals surface area (Å²) in [6.07, 6.45) is 5.64. The Kier molecular flexibility index (Phi) is 13.8. The summed E-state index contributed by atoms with van der Waals surface area (Å²) in [4.78, 5) is 56.0. The lowest BCUT2D eigenvalue weighted by Crippen LogP contribution is -2.52. The van der Waals surface area contributed by atoms with E-state index in [1.165, 1.54) is 0 Å². The Morgan fingerprint density at radius 2 is 1.45 bits per heavy atom. The standard InChI is InChI=1S/C48H55N5O7/c1-2-39(33-11-17-36(54)18-12-33)46(34-13-19-37(55)20-14-34)35-15-21-38(22-16-35)60-31-30-51-26-28-52(29-27-51)45(57)10-5-3-4-6-25-49-42-9-7-8-40-41(42)32-53(48(40)59)43-23-24-44(56)50-47(43)58/h7-9,11-22,43,49,54-55H,2-6,10,23-32H2,1H3,(H,50,56,58). The second-order valence-electron chi connectivity index (χ2n) is 15.7. The van der Waals surface area contributed by atoms with Gasteiger partial charge in [-0.1, -0.05) is 62.2 Å². The summed E-state index contributed by atoms with van der Waals surface area (Å²) in [6, 6.07) is 27.6. The minimum absolute atomic E-state index is 0.174. The molecule has 4 N–H and O–H groups in total. The molecule has 3 heterocycles. The number of unbranched alkanes of at least 4 members (excludes halogenated alkanes) is 3. The number of benzene rings is 4. The van der Waals surface area contributed by atoms with E-state index in [4.69, 9.17) is 4.74 Å². The van der Waals surface area contributed by atoms with Crippen LogP contribution in [0.2, 0.25) is 0 Å². The van der Waals surface area contributed by atoms with Gasteiger partial charge in [0.1, 0.15) is 29.9 Å². The van der Waals surface area contributed by atoms with Crippen molar-refractivity contribution in [3.63, 3.8) is 0 Å². The number of carbonyl (C=O) groups excluding carboxylic acids is 4. The quantitative estimate of drug-likeness (QED) is 0.0512. The van der Waals surface area contributed by atoms with Crippen LogP contribution in [0.5, 0.6) is 17.2 Å². The highest BCUT2D eigenvalue weighted by Crippen LogP contribution is 2.36. The molecule has 0 aliphatic carbocycles. The van der Waals surface area contributed by atoms with Crippen LogP contribution in [0, 0.1) is 0 Å². The molecule has 3 aliphatic rings. The molecule has 1 atom stereocenters. The van der Waals surface area contributed by atoms with Gasteiger partial charge in [0.25, 0.3) is 5.91 Å². The molecule has 0 saturated carbocycles. The summed E-state index contributed by atoms with van der Waals surface area (Å²) in [5.74, 6) is 0.559. The van der Waals surface area contributed by atoms with Crippen molar-refractivity contribution >= 4 is 40.5 Å². The fourth-order valence-corrected chi connectivity index (χ4v) is 8.45. The lowest BCUT2D eigenvalue weighted by molar-refractivity contribution is -0.137. The number of piperazine rings is 1. The van der Waals surface area contributed by atoms with Gasteiger partial charge < -0.3 is 30.1 Å². The average Bonchev–Trinajstić information content (AvgIpc) is 3.59. The maximum absolute atomic E-state index is 13.1. The Morgan fingerprint density at radius 3 is 2.12 bits per heavy atom. The Bertz CT molecular complexity index is 2180. The van der Waals surface area contributed by atoms with Crippen LogP contribution in [0.3, 0.4) is 0 Å². The second kappa shape index (κ2) is 19.7. The predicted octanol–water partition coefficient (Wildman–Crippen LogP) is 6.81. The summed E-state index contributed by atoms with van der Waals surface area (Å²) in [7, 11) is 0. The Morgan fingerprint density at radius 1 is 0.800 bits per heavy atom. The molecular formula is C48H55N5O7. The molecule has 2 saturated heterocycles. The lowest BCUT2D eigenvalue weighted by Gasteiger charge is -2.34. The van der Waals surface area contributed by atoms with Gasteiger partial charge in [0, 0.05) is 75.5 Å². The molecule has 314 valence electrons. The zero-order valence-corrected chi connectivity index (χ0v) is 34.3. The number of piperidine rings is 1. The third-order valence-corrected chi connectivity index (χ3v) is 11.8. The smallest absolute Gasteiger partial charge is 0.255 e. The zero-order chi connectivity index (χ0) is 42.0. The van der Waals surface area contributed by atoms with Gasteiger partial charge in [-0.15, -0.1) is 0 Å². The van der Waals surface area contributed by atoms with Crippen molar-refractivity contribution in [3.8, 4) is 17.2 Å². The van der Waals surface area contributed by atoms with Crippen molar-refractivity contribution in [1.82, 2.24) is 20.0 Å². The molecular weight excluding hydrogens is 759 g/mol. The number of hydrogen-bond acceptors (Lipinski definition) is 9. The van der Waals surface area contributed by atoms with Gasteiger partial charge in [-0.3, -0.25) is 29.4 Å². The van der Waals surface area contributed by atoms with Crippen LogP contribution < -0.4 is 15.4 Å². The first kappa shape index (κ1) is 42.0. The number of hydrogen-bond donors (Lipinski definition) is 4. The largest absolute Gasteiger partial charge is 0.508 e. The van der Waals surface area contributed by atoms with Gasteiger partial charge in [-0.2, -0.15) is 0 Å². The molecule has 7 rings (SSSR count). The van der Waals surface area contributed by atoms with E-state index >= 15 is 0 Å². The molecule has 1 unspecified atom stereocenters. The first-order valence-electron chi connectivity index (χ1n) is 21.2. The van der Waals surface area contributed by atoms with Gasteiger partial charge >= 0.3 is 0 Å². The number of amides is 4. The normalized spacial score (nSPS) is 17.3. The first-order chi connectivity index (χ1) is 29.2. The van der Waals surface area contributed by atoms with Crippen LogP contribution in [-0.4, -0.2) is 100 Å². The minimum Gasteiger partial charge on any atom is -0.508 e. The Hall–Kier alpha value is -6.14. The summed E-state index contributed by atoms with van der Waals surface area (Å²) in [5.41, 5.74) is 7.63. The molecule has 2 fully saturated rings. The number of fused-ring (bicyclic) bond motifs is 1. The number of anilines is 1. The number of nitrogens with one attached hydrogen (secondary N) is 2. The number of nitrogens with zero attached hydrogens (tertiary/aromatic N) is 3. The summed E-state index contributed by atoms with van der Waals surface area (Å²) >= 11 is 0. The molecule has 0 radical (unpaired) electrons. The number of ether oxygens (including phenoxy) is 1. The molecule has 12 heteroatoms. The van der Waals surface area contributed by atoms with Gasteiger partial charge in [-0.05, 0) is 102 Å². The number of phenolic OH excluding ortho intramolecular Hbond substituents is 2. The van der Waals surface area contributed by atoms with Crippen LogP contribution in [0.15, 0.2) is 91.0 Å². The SMILES string of the molecule is CCC(=C(c1ccc(O)cc1)c1ccc(OCCN2CCN(C(=O)CCCCCCNc3cccc4c3CN(C3CCC(=O)NC3=O)C4=O)CC2)cc1)c1ccc(O)cc1. The predicted molar refractivity (Wildman–Crippen MR) is 231 cm³/mol. The minimum atomic E-state index is -0.630. The number of allylic oxidation sites excluding steroid dienone is 1. The van der Waals surface area contributed by atoms with Crippen molar-refractivity contribution in [1.29, 1.82) is 0 Å². The maximum Gasteiger partial charge on any atom is 0.255 e. The van der Waals surface area contributed by atoms with Crippen LogP contribution in [0.1, 0.15) is 90.9 Å². The molecule has 0 aromatic heterocycles. The molecule has 3 aliphatic heterocycles. The molecule has 0 spiro atoms. The van der Waals surface area contributed by atoms with Crippen molar-refractivity contribution in [3.05, 3.63) is 119 Å². The molecule has 4 amide bonds. The van der Waals surface area contributed by atoms with E-state index in [9.17, 15) is 29.4 Å². The molecule has 60 heavy (non-hydrogen) atoms. The second-order valence-corrected chi connectivity index (χ2v) is 15.7. The van der Waals surface area contributed by atoms with E-state index in [2.05, 4.69) is 34.6 Å². The third kappa shape index (κ3) is 10.2. The van der Waals surface area contributed by atoms with Gasteiger partial charge in [0.05, 0.1) is 0 Å². The van der Waals surface area contributed by atoms with Crippen LogP contribution in [-0.2, 0) is 20.9 Å². The van der Waals surface area contributed by atoms with Crippen molar-refractivity contribution in [2.75, 3.05) is 51.2 Å². The van der Waals surface area contributed by atoms with Crippen molar-refractivity contribution in [2.45, 2.75) is 70.9 Å². The van der Waals surface area contributed by atoms with E-state index in [1.54, 1.807) is 35.2 Å².